The van der Waals surface area contributed by atoms with Crippen molar-refractivity contribution in [3.8, 4) is 0 Å². The highest BCUT2D eigenvalue weighted by atomic mass is 16.1. The summed E-state index contributed by atoms with van der Waals surface area (Å²) < 4.78 is 0. The third-order valence-corrected chi connectivity index (χ3v) is 4.20. The van der Waals surface area contributed by atoms with Gasteiger partial charge in [0.25, 0.3) is 0 Å². The van der Waals surface area contributed by atoms with E-state index < -0.39 is 0 Å². The minimum atomic E-state index is 0.118. The molecule has 21 heavy (non-hydrogen) atoms. The normalized spacial score (nSPS) is 15.8. The summed E-state index contributed by atoms with van der Waals surface area (Å²) in [4.78, 5) is 13.8. The third-order valence-electron chi connectivity index (χ3n) is 4.20. The van der Waals surface area contributed by atoms with Crippen molar-refractivity contribution in [3.05, 3.63) is 23.8 Å². The second kappa shape index (κ2) is 6.94. The number of rotatable bonds is 6. The summed E-state index contributed by atoms with van der Waals surface area (Å²) in [7, 11) is 0. The van der Waals surface area contributed by atoms with E-state index in [2.05, 4.69) is 49.3 Å². The Bertz CT molecular complexity index is 499. The van der Waals surface area contributed by atoms with Gasteiger partial charge in [-0.05, 0) is 57.5 Å². The number of hydrogen-bond acceptors (Lipinski definition) is 3. The molecule has 0 saturated heterocycles. The van der Waals surface area contributed by atoms with Crippen LogP contribution in [0.4, 0.5) is 11.4 Å². The molecule has 2 N–H and O–H groups in total. The Morgan fingerprint density at radius 1 is 1.29 bits per heavy atom. The molecular weight excluding hydrogens is 262 g/mol. The highest BCUT2D eigenvalue weighted by Gasteiger charge is 2.16. The number of likely N-dealkylation sites (N-methyl/N-ethyl adjacent to an activating group) is 1. The number of aryl methyl sites for hydroxylation is 1. The van der Waals surface area contributed by atoms with E-state index in [1.807, 2.05) is 12.1 Å². The number of hydrogen-bond donors (Lipinski definition) is 2. The maximum atomic E-state index is 11.4. The molecule has 1 aliphatic heterocycles. The first kappa shape index (κ1) is 15.8. The fourth-order valence-electron chi connectivity index (χ4n) is 3.06. The Morgan fingerprint density at radius 3 is 2.71 bits per heavy atom. The molecular formula is C17H27N3O. The summed E-state index contributed by atoms with van der Waals surface area (Å²) in [5.41, 5.74) is 3.32. The number of nitrogens with one attached hydrogen (secondary N) is 2. The summed E-state index contributed by atoms with van der Waals surface area (Å²) in [5, 5.41) is 6.44. The van der Waals surface area contributed by atoms with Gasteiger partial charge in [0.05, 0.1) is 0 Å². The van der Waals surface area contributed by atoms with Crippen molar-refractivity contribution in [3.63, 3.8) is 0 Å². The molecule has 2 rings (SSSR count). The second-order valence-electron chi connectivity index (χ2n) is 6.07. The average Bonchev–Trinajstić information content (AvgIpc) is 2.45. The molecule has 1 unspecified atom stereocenters. The van der Waals surface area contributed by atoms with Crippen molar-refractivity contribution in [1.82, 2.24) is 4.90 Å². The van der Waals surface area contributed by atoms with Crippen molar-refractivity contribution >= 4 is 17.3 Å². The molecule has 0 saturated carbocycles. The lowest BCUT2D eigenvalue weighted by Crippen LogP contribution is -2.42. The molecule has 1 aromatic carbocycles. The monoisotopic (exact) mass is 289 g/mol. The quantitative estimate of drug-likeness (QED) is 0.846. The van der Waals surface area contributed by atoms with E-state index in [1.165, 1.54) is 5.56 Å². The van der Waals surface area contributed by atoms with Crippen LogP contribution in [-0.4, -0.2) is 36.0 Å². The summed E-state index contributed by atoms with van der Waals surface area (Å²) in [6.07, 6.45) is 1.42. The predicted molar refractivity (Wildman–Crippen MR) is 88.9 cm³/mol. The summed E-state index contributed by atoms with van der Waals surface area (Å²) in [6.45, 7) is 10.9. The van der Waals surface area contributed by atoms with Crippen LogP contribution in [0.3, 0.4) is 0 Å². The number of benzene rings is 1. The van der Waals surface area contributed by atoms with Crippen LogP contribution in [0.15, 0.2) is 18.2 Å². The minimum Gasteiger partial charge on any atom is -0.383 e. The van der Waals surface area contributed by atoms with Crippen molar-refractivity contribution < 1.29 is 4.79 Å². The van der Waals surface area contributed by atoms with Gasteiger partial charge in [-0.2, -0.15) is 0 Å². The standard InChI is InChI=1S/C17H27N3O/c1-5-20(12(2)3)13(4)11-18-15-7-8-16-14(10-15)6-9-17(21)19-16/h7-8,10,12-13,18H,5-6,9,11H2,1-4H3,(H,19,21). The molecule has 1 atom stereocenters. The van der Waals surface area contributed by atoms with Crippen molar-refractivity contribution in [2.24, 2.45) is 0 Å². The second-order valence-corrected chi connectivity index (χ2v) is 6.07. The SMILES string of the molecule is CCN(C(C)C)C(C)CNc1ccc2c(c1)CCC(=O)N2. The van der Waals surface area contributed by atoms with Gasteiger partial charge in [-0.15, -0.1) is 0 Å². The molecule has 0 radical (unpaired) electrons. The van der Waals surface area contributed by atoms with Gasteiger partial charge in [-0.25, -0.2) is 0 Å². The largest absolute Gasteiger partial charge is 0.383 e. The molecule has 0 fully saturated rings. The molecule has 4 heteroatoms. The van der Waals surface area contributed by atoms with Gasteiger partial charge < -0.3 is 10.6 Å². The lowest BCUT2D eigenvalue weighted by molar-refractivity contribution is -0.116. The molecule has 1 amide bonds. The molecule has 0 spiro atoms. The van der Waals surface area contributed by atoms with Gasteiger partial charge in [0, 0.05) is 36.4 Å². The first-order chi connectivity index (χ1) is 10.0. The molecule has 0 aromatic heterocycles. The number of amides is 1. The van der Waals surface area contributed by atoms with Crippen LogP contribution in [0.2, 0.25) is 0 Å². The van der Waals surface area contributed by atoms with Crippen LogP contribution in [0.5, 0.6) is 0 Å². The van der Waals surface area contributed by atoms with Crippen LogP contribution in [-0.2, 0) is 11.2 Å². The summed E-state index contributed by atoms with van der Waals surface area (Å²) in [5.74, 6) is 0.118. The van der Waals surface area contributed by atoms with E-state index in [-0.39, 0.29) is 5.91 Å². The Labute approximate surface area is 127 Å². The summed E-state index contributed by atoms with van der Waals surface area (Å²) in [6, 6.07) is 7.26. The highest BCUT2D eigenvalue weighted by molar-refractivity contribution is 5.94. The minimum absolute atomic E-state index is 0.118. The van der Waals surface area contributed by atoms with Crippen LogP contribution < -0.4 is 10.6 Å². The van der Waals surface area contributed by atoms with Gasteiger partial charge in [-0.1, -0.05) is 6.92 Å². The number of anilines is 2. The maximum absolute atomic E-state index is 11.4. The van der Waals surface area contributed by atoms with Crippen molar-refractivity contribution in [1.29, 1.82) is 0 Å². The zero-order chi connectivity index (χ0) is 15.4. The average molecular weight is 289 g/mol. The van der Waals surface area contributed by atoms with E-state index >= 15 is 0 Å². The first-order valence-electron chi connectivity index (χ1n) is 7.93. The molecule has 116 valence electrons. The molecule has 4 nitrogen and oxygen atoms in total. The first-order valence-corrected chi connectivity index (χ1v) is 7.93. The van der Waals surface area contributed by atoms with E-state index in [0.717, 1.165) is 30.9 Å². The van der Waals surface area contributed by atoms with Gasteiger partial charge in [-0.3, -0.25) is 9.69 Å². The Kier molecular flexibility index (Phi) is 5.23. The number of carbonyl (C=O) groups is 1. The number of carbonyl (C=O) groups excluding carboxylic acids is 1. The van der Waals surface area contributed by atoms with E-state index in [9.17, 15) is 4.79 Å². The highest BCUT2D eigenvalue weighted by Crippen LogP contribution is 2.25. The van der Waals surface area contributed by atoms with E-state index in [1.54, 1.807) is 0 Å². The summed E-state index contributed by atoms with van der Waals surface area (Å²) >= 11 is 0. The van der Waals surface area contributed by atoms with Crippen LogP contribution in [0.1, 0.15) is 39.7 Å². The maximum Gasteiger partial charge on any atom is 0.224 e. The van der Waals surface area contributed by atoms with Crippen LogP contribution in [0.25, 0.3) is 0 Å². The smallest absolute Gasteiger partial charge is 0.224 e. The fraction of sp³-hybridized carbons (Fsp3) is 0.588. The molecule has 1 heterocycles. The Hall–Kier alpha value is -1.55. The fourth-order valence-corrected chi connectivity index (χ4v) is 3.06. The molecule has 0 bridgehead atoms. The number of nitrogens with zero attached hydrogens (tertiary/aromatic N) is 1. The topological polar surface area (TPSA) is 44.4 Å². The third kappa shape index (κ3) is 3.97. The lowest BCUT2D eigenvalue weighted by atomic mass is 10.0. The molecule has 0 aliphatic carbocycles. The van der Waals surface area contributed by atoms with Crippen LogP contribution in [0, 0.1) is 0 Å². The van der Waals surface area contributed by atoms with Crippen molar-refractivity contribution in [2.45, 2.75) is 52.6 Å². The van der Waals surface area contributed by atoms with E-state index in [0.29, 0.717) is 18.5 Å². The molecule has 1 aliphatic rings. The zero-order valence-electron chi connectivity index (χ0n) is 13.6. The van der Waals surface area contributed by atoms with Gasteiger partial charge in [0.15, 0.2) is 0 Å². The molecule has 1 aromatic rings. The van der Waals surface area contributed by atoms with Crippen LogP contribution >= 0.6 is 0 Å². The zero-order valence-corrected chi connectivity index (χ0v) is 13.6. The van der Waals surface area contributed by atoms with Gasteiger partial charge >= 0.3 is 0 Å². The van der Waals surface area contributed by atoms with Gasteiger partial charge in [0.1, 0.15) is 0 Å². The number of fused-ring (bicyclic) bond motifs is 1. The van der Waals surface area contributed by atoms with Crippen molar-refractivity contribution in [2.75, 3.05) is 23.7 Å². The van der Waals surface area contributed by atoms with E-state index in [4.69, 9.17) is 0 Å². The Balaban J connectivity index is 1.96. The predicted octanol–water partition coefficient (Wildman–Crippen LogP) is 3.10. The van der Waals surface area contributed by atoms with Gasteiger partial charge in [0.2, 0.25) is 5.91 Å². The lowest BCUT2D eigenvalue weighted by Gasteiger charge is -2.32. The Morgan fingerprint density at radius 2 is 2.05 bits per heavy atom.